The average molecular weight is 1490 g/mol. The lowest BCUT2D eigenvalue weighted by molar-refractivity contribution is -0.161. The molecule has 0 heterocycles. The second-order valence-corrected chi connectivity index (χ2v) is 33.0. The predicted octanol–water partition coefficient (Wildman–Crippen LogP) is 25.2. The second-order valence-electron chi connectivity index (χ2n) is 30.1. The fourth-order valence-electron chi connectivity index (χ4n) is 12.9. The Morgan fingerprint density at radius 1 is 0.275 bits per heavy atom. The minimum atomic E-state index is -4.96. The van der Waals surface area contributed by atoms with Crippen molar-refractivity contribution in [2.45, 2.75) is 464 Å². The number of rotatable bonds is 83. The zero-order valence-electron chi connectivity index (χ0n) is 66.8. The van der Waals surface area contributed by atoms with Gasteiger partial charge in [-0.15, -0.1) is 0 Å². The van der Waals surface area contributed by atoms with E-state index in [1.807, 2.05) is 0 Å². The van der Waals surface area contributed by atoms with Gasteiger partial charge in [-0.1, -0.05) is 394 Å². The van der Waals surface area contributed by atoms with Crippen molar-refractivity contribution in [3.63, 3.8) is 0 Å². The van der Waals surface area contributed by atoms with Gasteiger partial charge < -0.3 is 33.8 Å². The van der Waals surface area contributed by atoms with Gasteiger partial charge in [-0.2, -0.15) is 0 Å². The summed E-state index contributed by atoms with van der Waals surface area (Å²) >= 11 is 0. The average Bonchev–Trinajstić information content (AvgIpc) is 0.914. The first-order chi connectivity index (χ1) is 49.6. The molecule has 0 aliphatic carbocycles. The van der Waals surface area contributed by atoms with E-state index in [4.69, 9.17) is 37.0 Å². The van der Waals surface area contributed by atoms with Gasteiger partial charge in [-0.25, -0.2) is 9.13 Å². The Bertz CT molecular complexity index is 1950. The second kappa shape index (κ2) is 75.9. The van der Waals surface area contributed by atoms with Crippen molar-refractivity contribution in [3.05, 3.63) is 0 Å². The number of ether oxygens (including phenoxy) is 4. The van der Waals surface area contributed by atoms with E-state index in [1.54, 1.807) is 0 Å². The molecule has 102 heavy (non-hydrogen) atoms. The Morgan fingerprint density at radius 2 is 0.471 bits per heavy atom. The van der Waals surface area contributed by atoms with Gasteiger partial charge in [0.1, 0.15) is 19.3 Å². The molecule has 3 N–H and O–H groups in total. The molecule has 0 aromatic rings. The van der Waals surface area contributed by atoms with E-state index < -0.39 is 97.5 Å². The van der Waals surface area contributed by atoms with Crippen LogP contribution in [0.15, 0.2) is 0 Å². The van der Waals surface area contributed by atoms with Gasteiger partial charge in [0.05, 0.1) is 26.4 Å². The first-order valence-electron chi connectivity index (χ1n) is 43.2. The normalized spacial score (nSPS) is 14.1. The first-order valence-corrected chi connectivity index (χ1v) is 46.2. The number of unbranched alkanes of at least 4 members (excludes halogenated alkanes) is 54. The molecule has 0 fully saturated rings. The molecule has 0 spiro atoms. The maximum atomic E-state index is 13.1. The Hall–Kier alpha value is -1.94. The molecule has 0 aromatic carbocycles. The highest BCUT2D eigenvalue weighted by atomic mass is 31.2. The van der Waals surface area contributed by atoms with Crippen LogP contribution in [0.25, 0.3) is 0 Å². The standard InChI is InChI=1S/C83H162O17P2/c1-6-10-13-16-19-22-25-27-29-30-31-32-34-40-44-49-54-59-64-69-83(88)100-79(73-94-81(86)67-62-57-52-47-42-38-36-35-37-41-45-50-55-60-65-76(5)9-4)75-98-102(91,92)96-71-77(84)70-95-101(89,90)97-74-78(72-93-80(85)66-61-56-51-46-24-21-18-15-12-8-3)99-82(87)68-63-58-53-48-43-39-33-28-26-23-20-17-14-11-7-2/h76-79,84H,6-75H2,1-5H3,(H,89,90)(H,91,92)/t76?,77-,78+,79+/m0/s1. The molecule has 0 amide bonds. The lowest BCUT2D eigenvalue weighted by Crippen LogP contribution is -2.30. The molecule has 19 heteroatoms. The van der Waals surface area contributed by atoms with Crippen molar-refractivity contribution in [1.29, 1.82) is 0 Å². The lowest BCUT2D eigenvalue weighted by atomic mass is 9.99. The molecular formula is C83H162O17P2. The lowest BCUT2D eigenvalue weighted by Gasteiger charge is -2.21. The monoisotopic (exact) mass is 1490 g/mol. The van der Waals surface area contributed by atoms with Crippen LogP contribution in [0.3, 0.4) is 0 Å². The molecule has 3 unspecified atom stereocenters. The highest BCUT2D eigenvalue weighted by molar-refractivity contribution is 7.47. The van der Waals surface area contributed by atoms with Gasteiger partial charge in [0.2, 0.25) is 0 Å². The first kappa shape index (κ1) is 100. The third kappa shape index (κ3) is 74.9. The number of hydrogen-bond acceptors (Lipinski definition) is 15. The maximum absolute atomic E-state index is 13.1. The van der Waals surface area contributed by atoms with Gasteiger partial charge >= 0.3 is 39.5 Å². The molecule has 0 aliphatic heterocycles. The number of aliphatic hydroxyl groups excluding tert-OH is 1. The fraction of sp³-hybridized carbons (Fsp3) is 0.952. The van der Waals surface area contributed by atoms with Crippen LogP contribution in [0.2, 0.25) is 0 Å². The summed E-state index contributed by atoms with van der Waals surface area (Å²) in [6.07, 6.45) is 67.8. The van der Waals surface area contributed by atoms with Crippen LogP contribution >= 0.6 is 15.6 Å². The Kier molecular flexibility index (Phi) is 74.4. The van der Waals surface area contributed by atoms with Crippen molar-refractivity contribution < 1.29 is 80.2 Å². The molecule has 17 nitrogen and oxygen atoms in total. The SMILES string of the molecule is CCCCCCCCCCCCCCCCCCCCCC(=O)O[C@H](COC(=O)CCCCCCCCCCCCCCCCC(C)CC)COP(=O)(O)OC[C@@H](O)COP(=O)(O)OC[C@@H](COC(=O)CCCCCCCCCCCC)OC(=O)CCCCCCCCCCCCCCCCC. The van der Waals surface area contributed by atoms with E-state index in [9.17, 15) is 43.2 Å². The largest absolute Gasteiger partial charge is 0.472 e. The highest BCUT2D eigenvalue weighted by Gasteiger charge is 2.30. The fourth-order valence-corrected chi connectivity index (χ4v) is 14.5. The Labute approximate surface area is 626 Å². The van der Waals surface area contributed by atoms with Crippen LogP contribution in [0.4, 0.5) is 0 Å². The van der Waals surface area contributed by atoms with Crippen LogP contribution in [0, 0.1) is 5.92 Å². The number of hydrogen-bond donors (Lipinski definition) is 3. The summed E-state index contributed by atoms with van der Waals surface area (Å²) in [7, 11) is -9.92. The molecule has 606 valence electrons. The summed E-state index contributed by atoms with van der Waals surface area (Å²) in [5.41, 5.74) is 0. The smallest absolute Gasteiger partial charge is 0.462 e. The Morgan fingerprint density at radius 3 is 0.696 bits per heavy atom. The third-order valence-corrected chi connectivity index (χ3v) is 21.8. The number of aliphatic hydroxyl groups is 1. The van der Waals surface area contributed by atoms with Crippen molar-refractivity contribution in [2.24, 2.45) is 5.92 Å². The van der Waals surface area contributed by atoms with Crippen LogP contribution < -0.4 is 0 Å². The number of esters is 4. The summed E-state index contributed by atoms with van der Waals surface area (Å²) in [6, 6.07) is 0. The topological polar surface area (TPSA) is 237 Å². The van der Waals surface area contributed by atoms with Gasteiger partial charge in [-0.05, 0) is 31.6 Å². The van der Waals surface area contributed by atoms with Gasteiger partial charge in [0.25, 0.3) is 0 Å². The van der Waals surface area contributed by atoms with Crippen LogP contribution in [0.1, 0.15) is 446 Å². The number of carbonyl (C=O) groups excluding carboxylic acids is 4. The van der Waals surface area contributed by atoms with Crippen molar-refractivity contribution >= 4 is 39.5 Å². The summed E-state index contributed by atoms with van der Waals surface area (Å²) in [5, 5.41) is 10.7. The minimum absolute atomic E-state index is 0.109. The van der Waals surface area contributed by atoms with Crippen molar-refractivity contribution in [2.75, 3.05) is 39.6 Å². The molecular weight excluding hydrogens is 1330 g/mol. The molecule has 0 radical (unpaired) electrons. The Balaban J connectivity index is 5.23. The van der Waals surface area contributed by atoms with Crippen LogP contribution in [-0.4, -0.2) is 96.7 Å². The van der Waals surface area contributed by atoms with Crippen molar-refractivity contribution in [3.8, 4) is 0 Å². The molecule has 0 rings (SSSR count). The van der Waals surface area contributed by atoms with Gasteiger partial charge in [0.15, 0.2) is 12.2 Å². The van der Waals surface area contributed by atoms with E-state index in [-0.39, 0.29) is 25.7 Å². The quantitative estimate of drug-likeness (QED) is 0.0222. The van der Waals surface area contributed by atoms with Crippen molar-refractivity contribution in [1.82, 2.24) is 0 Å². The molecule has 0 aliphatic rings. The van der Waals surface area contributed by atoms with Crippen LogP contribution in [0.5, 0.6) is 0 Å². The van der Waals surface area contributed by atoms with E-state index in [0.29, 0.717) is 25.7 Å². The summed E-state index contributed by atoms with van der Waals surface area (Å²) < 4.78 is 68.8. The van der Waals surface area contributed by atoms with Crippen LogP contribution in [-0.2, 0) is 65.4 Å². The summed E-state index contributed by atoms with van der Waals surface area (Å²) in [5.74, 6) is -1.25. The zero-order chi connectivity index (χ0) is 74.8. The minimum Gasteiger partial charge on any atom is -0.462 e. The molecule has 0 aromatic heterocycles. The maximum Gasteiger partial charge on any atom is 0.472 e. The molecule has 6 atom stereocenters. The van der Waals surface area contributed by atoms with E-state index in [1.165, 1.54) is 270 Å². The summed E-state index contributed by atoms with van der Waals surface area (Å²) in [6.45, 7) is 7.40. The third-order valence-electron chi connectivity index (χ3n) is 19.9. The molecule has 0 bridgehead atoms. The van der Waals surface area contributed by atoms with E-state index >= 15 is 0 Å². The predicted molar refractivity (Wildman–Crippen MR) is 418 cm³/mol. The highest BCUT2D eigenvalue weighted by Crippen LogP contribution is 2.45. The van der Waals surface area contributed by atoms with Gasteiger partial charge in [0, 0.05) is 25.7 Å². The van der Waals surface area contributed by atoms with E-state index in [2.05, 4.69) is 34.6 Å². The summed E-state index contributed by atoms with van der Waals surface area (Å²) in [4.78, 5) is 73.1. The number of phosphoric acid groups is 2. The zero-order valence-corrected chi connectivity index (χ0v) is 68.5. The molecule has 0 saturated carbocycles. The van der Waals surface area contributed by atoms with E-state index in [0.717, 1.165) is 95.8 Å². The molecule has 0 saturated heterocycles. The number of carbonyl (C=O) groups is 4. The van der Waals surface area contributed by atoms with Gasteiger partial charge in [-0.3, -0.25) is 37.3 Å². The number of phosphoric ester groups is 2.